The Morgan fingerprint density at radius 3 is 2.50 bits per heavy atom. The second-order valence-corrected chi connectivity index (χ2v) is 4.71. The zero-order valence-corrected chi connectivity index (χ0v) is 11.3. The topological polar surface area (TPSA) is 91.4 Å². The minimum absolute atomic E-state index is 0.119. The number of benzene rings is 1. The number of nitrogens with one attached hydrogen (secondary N) is 1. The summed E-state index contributed by atoms with van der Waals surface area (Å²) in [6.07, 6.45) is 1.93. The molecule has 1 aromatic carbocycles. The van der Waals surface area contributed by atoms with Gasteiger partial charge < -0.3 is 9.47 Å². The van der Waals surface area contributed by atoms with Gasteiger partial charge in [0.05, 0.1) is 25.1 Å². The largest absolute Gasteiger partial charge is 0.493 e. The van der Waals surface area contributed by atoms with Crippen molar-refractivity contribution in [3.8, 4) is 11.5 Å². The van der Waals surface area contributed by atoms with E-state index >= 15 is 0 Å². The average molecular weight is 276 g/mol. The molecule has 0 atom stereocenters. The smallest absolute Gasteiger partial charge is 0.263 e. The highest BCUT2D eigenvalue weighted by atomic mass is 16.5. The number of hydrogen-bond acceptors (Lipinski definition) is 6. The molecule has 7 nitrogen and oxygen atoms in total. The molecule has 1 aliphatic carbocycles. The van der Waals surface area contributed by atoms with Crippen LogP contribution in [0.2, 0.25) is 0 Å². The van der Waals surface area contributed by atoms with Gasteiger partial charge in [-0.15, -0.1) is 0 Å². The maximum atomic E-state index is 12.6. The first kappa shape index (κ1) is 12.7. The van der Waals surface area contributed by atoms with E-state index in [4.69, 9.17) is 15.3 Å². The third-order valence-corrected chi connectivity index (χ3v) is 3.45. The summed E-state index contributed by atoms with van der Waals surface area (Å²) in [7, 11) is 3.07. The van der Waals surface area contributed by atoms with E-state index in [2.05, 4.69) is 10.4 Å². The van der Waals surface area contributed by atoms with Gasteiger partial charge in [0.25, 0.3) is 5.56 Å². The SMILES string of the molecule is COc1cc2nc(NN)n(C3CC3)c(=O)c2cc1OC. The van der Waals surface area contributed by atoms with Gasteiger partial charge in [-0.25, -0.2) is 10.8 Å². The fourth-order valence-corrected chi connectivity index (χ4v) is 2.30. The van der Waals surface area contributed by atoms with E-state index < -0.39 is 0 Å². The molecule has 0 spiro atoms. The summed E-state index contributed by atoms with van der Waals surface area (Å²) in [4.78, 5) is 17.0. The van der Waals surface area contributed by atoms with Gasteiger partial charge in [0.15, 0.2) is 11.5 Å². The van der Waals surface area contributed by atoms with Gasteiger partial charge in [-0.1, -0.05) is 0 Å². The Labute approximate surface area is 115 Å². The average Bonchev–Trinajstić information content (AvgIpc) is 3.30. The first-order chi connectivity index (χ1) is 9.69. The van der Waals surface area contributed by atoms with Crippen LogP contribution >= 0.6 is 0 Å². The number of hydrogen-bond donors (Lipinski definition) is 2. The Morgan fingerprint density at radius 2 is 1.95 bits per heavy atom. The third kappa shape index (κ3) is 1.87. The van der Waals surface area contributed by atoms with Crippen molar-refractivity contribution in [2.75, 3.05) is 19.6 Å². The van der Waals surface area contributed by atoms with E-state index in [1.165, 1.54) is 14.2 Å². The molecule has 1 heterocycles. The fraction of sp³-hybridized carbons (Fsp3) is 0.385. The number of hydrazine groups is 1. The second kappa shape index (κ2) is 4.68. The van der Waals surface area contributed by atoms with Crippen molar-refractivity contribution in [1.82, 2.24) is 9.55 Å². The minimum atomic E-state index is -0.119. The third-order valence-electron chi connectivity index (χ3n) is 3.45. The van der Waals surface area contributed by atoms with E-state index in [0.29, 0.717) is 28.4 Å². The van der Waals surface area contributed by atoms with Crippen LogP contribution in [0.15, 0.2) is 16.9 Å². The first-order valence-corrected chi connectivity index (χ1v) is 6.34. The predicted molar refractivity (Wildman–Crippen MR) is 75.2 cm³/mol. The molecule has 7 heteroatoms. The minimum Gasteiger partial charge on any atom is -0.493 e. The van der Waals surface area contributed by atoms with Crippen molar-refractivity contribution < 1.29 is 9.47 Å². The molecule has 1 aromatic heterocycles. The lowest BCUT2D eigenvalue weighted by Crippen LogP contribution is -2.26. The number of nitrogen functional groups attached to an aromatic ring is 1. The number of methoxy groups -OCH3 is 2. The lowest BCUT2D eigenvalue weighted by atomic mass is 10.2. The van der Waals surface area contributed by atoms with Crippen LogP contribution in [-0.4, -0.2) is 23.8 Å². The Balaban J connectivity index is 2.33. The highest BCUT2D eigenvalue weighted by molar-refractivity contribution is 5.83. The number of aromatic nitrogens is 2. The molecule has 0 saturated heterocycles. The molecule has 106 valence electrons. The Morgan fingerprint density at radius 1 is 1.30 bits per heavy atom. The molecule has 1 aliphatic rings. The fourth-order valence-electron chi connectivity index (χ4n) is 2.30. The molecule has 3 rings (SSSR count). The maximum Gasteiger partial charge on any atom is 0.263 e. The maximum absolute atomic E-state index is 12.6. The zero-order valence-electron chi connectivity index (χ0n) is 11.3. The van der Waals surface area contributed by atoms with Gasteiger partial charge >= 0.3 is 0 Å². The number of nitrogens with two attached hydrogens (primary N) is 1. The number of anilines is 1. The summed E-state index contributed by atoms with van der Waals surface area (Å²) in [6, 6.07) is 3.51. The summed E-state index contributed by atoms with van der Waals surface area (Å²) in [5.41, 5.74) is 2.90. The van der Waals surface area contributed by atoms with Gasteiger partial charge in [0.1, 0.15) is 0 Å². The van der Waals surface area contributed by atoms with Crippen molar-refractivity contribution in [3.05, 3.63) is 22.5 Å². The van der Waals surface area contributed by atoms with Crippen molar-refractivity contribution in [2.45, 2.75) is 18.9 Å². The van der Waals surface area contributed by atoms with E-state index in [9.17, 15) is 4.79 Å². The summed E-state index contributed by atoms with van der Waals surface area (Å²) in [5.74, 6) is 6.88. The molecule has 0 unspecified atom stereocenters. The van der Waals surface area contributed by atoms with E-state index in [1.54, 1.807) is 16.7 Å². The lowest BCUT2D eigenvalue weighted by Gasteiger charge is -2.13. The van der Waals surface area contributed by atoms with Crippen LogP contribution in [0.5, 0.6) is 11.5 Å². The Bertz CT molecular complexity index is 722. The molecule has 2 aromatic rings. The molecule has 1 saturated carbocycles. The highest BCUT2D eigenvalue weighted by Gasteiger charge is 2.28. The number of fused-ring (bicyclic) bond motifs is 1. The van der Waals surface area contributed by atoms with Crippen LogP contribution in [0, 0.1) is 0 Å². The van der Waals surface area contributed by atoms with Crippen LogP contribution < -0.4 is 26.3 Å². The summed E-state index contributed by atoms with van der Waals surface area (Å²) in [6.45, 7) is 0. The summed E-state index contributed by atoms with van der Waals surface area (Å²) in [5, 5.41) is 0.494. The summed E-state index contributed by atoms with van der Waals surface area (Å²) >= 11 is 0. The van der Waals surface area contributed by atoms with Crippen molar-refractivity contribution >= 4 is 16.9 Å². The van der Waals surface area contributed by atoms with Crippen LogP contribution in [0.1, 0.15) is 18.9 Å². The van der Waals surface area contributed by atoms with E-state index in [-0.39, 0.29) is 11.6 Å². The molecule has 0 amide bonds. The number of nitrogens with zero attached hydrogens (tertiary/aromatic N) is 2. The van der Waals surface area contributed by atoms with E-state index in [1.807, 2.05) is 0 Å². The standard InChI is InChI=1S/C13H16N4O3/c1-19-10-5-8-9(6-11(10)20-2)15-13(16-14)17(12(8)18)7-3-4-7/h5-7H,3-4,14H2,1-2H3,(H,15,16). The van der Waals surface area contributed by atoms with E-state index in [0.717, 1.165) is 12.8 Å². The van der Waals surface area contributed by atoms with Crippen LogP contribution in [0.4, 0.5) is 5.95 Å². The monoisotopic (exact) mass is 276 g/mol. The molecule has 0 radical (unpaired) electrons. The highest BCUT2D eigenvalue weighted by Crippen LogP contribution is 2.37. The first-order valence-electron chi connectivity index (χ1n) is 6.34. The molecule has 3 N–H and O–H groups in total. The second-order valence-electron chi connectivity index (χ2n) is 4.71. The van der Waals surface area contributed by atoms with Crippen LogP contribution in [0.3, 0.4) is 0 Å². The van der Waals surface area contributed by atoms with Gasteiger partial charge in [-0.3, -0.25) is 14.8 Å². The van der Waals surface area contributed by atoms with Gasteiger partial charge in [0, 0.05) is 12.1 Å². The Kier molecular flexibility index (Phi) is 2.98. The molecule has 20 heavy (non-hydrogen) atoms. The zero-order chi connectivity index (χ0) is 14.3. The lowest BCUT2D eigenvalue weighted by molar-refractivity contribution is 0.355. The number of ether oxygens (including phenoxy) is 2. The van der Waals surface area contributed by atoms with Crippen molar-refractivity contribution in [3.63, 3.8) is 0 Å². The van der Waals surface area contributed by atoms with Crippen LogP contribution in [0.25, 0.3) is 10.9 Å². The van der Waals surface area contributed by atoms with Gasteiger partial charge in [-0.05, 0) is 18.9 Å². The summed E-state index contributed by atoms with van der Waals surface area (Å²) < 4.78 is 12.1. The molecule has 0 bridgehead atoms. The number of rotatable bonds is 4. The van der Waals surface area contributed by atoms with Gasteiger partial charge in [-0.2, -0.15) is 0 Å². The molecular formula is C13H16N4O3. The van der Waals surface area contributed by atoms with Crippen molar-refractivity contribution in [1.29, 1.82) is 0 Å². The quantitative estimate of drug-likeness (QED) is 0.640. The van der Waals surface area contributed by atoms with Gasteiger partial charge in [0.2, 0.25) is 5.95 Å². The molecular weight excluding hydrogens is 260 g/mol. The Hall–Kier alpha value is -2.28. The predicted octanol–water partition coefficient (Wildman–Crippen LogP) is 1.03. The molecule has 0 aliphatic heterocycles. The van der Waals surface area contributed by atoms with Crippen molar-refractivity contribution in [2.24, 2.45) is 5.84 Å². The van der Waals surface area contributed by atoms with Crippen LogP contribution in [-0.2, 0) is 0 Å². The molecule has 1 fully saturated rings. The normalized spacial score (nSPS) is 14.3.